The first kappa shape index (κ1) is 19.3. The van der Waals surface area contributed by atoms with Gasteiger partial charge in [0.1, 0.15) is 0 Å². The number of nitrogens with zero attached hydrogens (tertiary/aromatic N) is 3. The predicted octanol–water partition coefficient (Wildman–Crippen LogP) is 2.52. The maximum atomic E-state index is 12.9. The summed E-state index contributed by atoms with van der Waals surface area (Å²) in [5.41, 5.74) is 1.28. The van der Waals surface area contributed by atoms with Crippen molar-refractivity contribution in [3.8, 4) is 11.4 Å². The number of carbonyl (C=O) groups excluding carboxylic acids is 1. The molecule has 1 aliphatic heterocycles. The quantitative estimate of drug-likeness (QED) is 0.855. The molecule has 2 heterocycles. The first-order valence-electron chi connectivity index (χ1n) is 8.46. The molecule has 136 valence electrons. The lowest BCUT2D eigenvalue weighted by Crippen LogP contribution is -2.38. The van der Waals surface area contributed by atoms with Gasteiger partial charge in [-0.3, -0.25) is 4.79 Å². The van der Waals surface area contributed by atoms with E-state index in [2.05, 4.69) is 10.4 Å². The van der Waals surface area contributed by atoms with Crippen molar-refractivity contribution in [1.82, 2.24) is 20.0 Å². The molecule has 7 heteroatoms. The molecule has 1 amide bonds. The monoisotopic (exact) mass is 364 g/mol. The molecule has 1 aromatic heterocycles. The summed E-state index contributed by atoms with van der Waals surface area (Å²) in [6.45, 7) is 4.38. The van der Waals surface area contributed by atoms with Gasteiger partial charge in [0.05, 0.1) is 18.5 Å². The van der Waals surface area contributed by atoms with Gasteiger partial charge >= 0.3 is 0 Å². The minimum absolute atomic E-state index is 0. The molecule has 1 N–H and O–H groups in total. The van der Waals surface area contributed by atoms with Gasteiger partial charge in [0.15, 0.2) is 11.4 Å². The summed E-state index contributed by atoms with van der Waals surface area (Å²) >= 11 is 0. The molecule has 0 bridgehead atoms. The standard InChI is InChI=1S/C18H24N4O2.ClH/c1-3-11-24-16-13-22(14-7-5-4-6-8-14)20-17(16)18(23)21(2)15-9-10-19-12-15;/h4-8,13,15,19H,3,9-12H2,1-2H3;1H. The number of para-hydroxylation sites is 1. The number of halogens is 1. The Morgan fingerprint density at radius 2 is 2.16 bits per heavy atom. The van der Waals surface area contributed by atoms with Gasteiger partial charge in [0.2, 0.25) is 0 Å². The molecule has 1 fully saturated rings. The van der Waals surface area contributed by atoms with Crippen LogP contribution >= 0.6 is 12.4 Å². The van der Waals surface area contributed by atoms with E-state index in [0.717, 1.165) is 31.6 Å². The van der Waals surface area contributed by atoms with E-state index in [-0.39, 0.29) is 24.4 Å². The van der Waals surface area contributed by atoms with Gasteiger partial charge in [-0.05, 0) is 31.5 Å². The molecule has 0 spiro atoms. The SMILES string of the molecule is CCCOc1cn(-c2ccccc2)nc1C(=O)N(C)C1CCNC1.Cl. The van der Waals surface area contributed by atoms with Gasteiger partial charge in [-0.15, -0.1) is 12.4 Å². The Kier molecular flexibility index (Phi) is 6.84. The zero-order valence-electron chi connectivity index (χ0n) is 14.6. The van der Waals surface area contributed by atoms with Crippen LogP contribution in [-0.4, -0.2) is 53.4 Å². The zero-order valence-corrected chi connectivity index (χ0v) is 15.5. The van der Waals surface area contributed by atoms with Crippen LogP contribution in [0.25, 0.3) is 5.69 Å². The average Bonchev–Trinajstić information content (AvgIpc) is 3.29. The summed E-state index contributed by atoms with van der Waals surface area (Å²) in [5.74, 6) is 0.452. The highest BCUT2D eigenvalue weighted by atomic mass is 35.5. The molecule has 0 radical (unpaired) electrons. The van der Waals surface area contributed by atoms with Gasteiger partial charge < -0.3 is 15.0 Å². The van der Waals surface area contributed by atoms with E-state index in [9.17, 15) is 4.79 Å². The summed E-state index contributed by atoms with van der Waals surface area (Å²) in [5, 5.41) is 7.79. The molecule has 1 unspecified atom stereocenters. The number of hydrogen-bond acceptors (Lipinski definition) is 4. The van der Waals surface area contributed by atoms with E-state index >= 15 is 0 Å². The van der Waals surface area contributed by atoms with Crippen molar-refractivity contribution in [2.45, 2.75) is 25.8 Å². The number of benzene rings is 1. The number of nitrogens with one attached hydrogen (secondary N) is 1. The minimum atomic E-state index is -0.0931. The number of aromatic nitrogens is 2. The van der Waals surface area contributed by atoms with Crippen molar-refractivity contribution in [2.75, 3.05) is 26.7 Å². The lowest BCUT2D eigenvalue weighted by molar-refractivity contribution is 0.0733. The van der Waals surface area contributed by atoms with E-state index in [1.165, 1.54) is 0 Å². The summed E-state index contributed by atoms with van der Waals surface area (Å²) in [4.78, 5) is 14.7. The van der Waals surface area contributed by atoms with E-state index in [0.29, 0.717) is 18.1 Å². The molecule has 2 aromatic rings. The first-order valence-corrected chi connectivity index (χ1v) is 8.46. The van der Waals surface area contributed by atoms with E-state index in [4.69, 9.17) is 4.74 Å². The molecule has 6 nitrogen and oxygen atoms in total. The third-order valence-corrected chi connectivity index (χ3v) is 4.27. The Labute approximate surface area is 154 Å². The Morgan fingerprint density at radius 1 is 1.40 bits per heavy atom. The Bertz CT molecular complexity index is 684. The molecule has 3 rings (SSSR count). The fourth-order valence-corrected chi connectivity index (χ4v) is 2.84. The van der Waals surface area contributed by atoms with Crippen LogP contribution in [0.3, 0.4) is 0 Å². The van der Waals surface area contributed by atoms with Crippen LogP contribution in [0, 0.1) is 0 Å². The number of ether oxygens (including phenoxy) is 1. The molecule has 25 heavy (non-hydrogen) atoms. The molecular formula is C18H25ClN4O2. The second kappa shape index (κ2) is 8.87. The third-order valence-electron chi connectivity index (χ3n) is 4.27. The van der Waals surface area contributed by atoms with Gasteiger partial charge in [0, 0.05) is 19.6 Å². The van der Waals surface area contributed by atoms with Crippen LogP contribution < -0.4 is 10.1 Å². The van der Waals surface area contributed by atoms with Crippen LogP contribution in [0.4, 0.5) is 0 Å². The second-order valence-electron chi connectivity index (χ2n) is 6.03. The number of hydrogen-bond donors (Lipinski definition) is 1. The van der Waals surface area contributed by atoms with Gasteiger partial charge in [0.25, 0.3) is 5.91 Å². The van der Waals surface area contributed by atoms with E-state index < -0.39 is 0 Å². The summed E-state index contributed by atoms with van der Waals surface area (Å²) < 4.78 is 7.48. The van der Waals surface area contributed by atoms with Crippen LogP contribution in [0.1, 0.15) is 30.3 Å². The number of carbonyl (C=O) groups is 1. The second-order valence-corrected chi connectivity index (χ2v) is 6.03. The van der Waals surface area contributed by atoms with E-state index in [1.807, 2.05) is 44.3 Å². The highest BCUT2D eigenvalue weighted by Crippen LogP contribution is 2.23. The van der Waals surface area contributed by atoms with Crippen molar-refractivity contribution in [3.63, 3.8) is 0 Å². The van der Waals surface area contributed by atoms with Crippen molar-refractivity contribution < 1.29 is 9.53 Å². The molecule has 1 saturated heterocycles. The van der Waals surface area contributed by atoms with Crippen molar-refractivity contribution in [2.24, 2.45) is 0 Å². The Balaban J connectivity index is 0.00000225. The van der Waals surface area contributed by atoms with Gasteiger partial charge in [-0.2, -0.15) is 5.10 Å². The third kappa shape index (κ3) is 4.32. The minimum Gasteiger partial charge on any atom is -0.489 e. The van der Waals surface area contributed by atoms with Gasteiger partial charge in [-0.25, -0.2) is 4.68 Å². The van der Waals surface area contributed by atoms with Crippen molar-refractivity contribution in [3.05, 3.63) is 42.2 Å². The predicted molar refractivity (Wildman–Crippen MR) is 100.0 cm³/mol. The van der Waals surface area contributed by atoms with Crippen LogP contribution in [0.2, 0.25) is 0 Å². The average molecular weight is 365 g/mol. The first-order chi connectivity index (χ1) is 11.7. The molecular weight excluding hydrogens is 340 g/mol. The van der Waals surface area contributed by atoms with Gasteiger partial charge in [-0.1, -0.05) is 25.1 Å². The topological polar surface area (TPSA) is 59.4 Å². The van der Waals surface area contributed by atoms with Crippen LogP contribution in [-0.2, 0) is 0 Å². The molecule has 0 aliphatic carbocycles. The largest absolute Gasteiger partial charge is 0.489 e. The molecule has 1 atom stereocenters. The maximum Gasteiger partial charge on any atom is 0.278 e. The summed E-state index contributed by atoms with van der Waals surface area (Å²) in [7, 11) is 1.84. The number of amides is 1. The van der Waals surface area contributed by atoms with Crippen molar-refractivity contribution >= 4 is 18.3 Å². The zero-order chi connectivity index (χ0) is 16.9. The van der Waals surface area contributed by atoms with E-state index in [1.54, 1.807) is 15.8 Å². The Hall–Kier alpha value is -2.05. The maximum absolute atomic E-state index is 12.9. The molecule has 1 aromatic carbocycles. The summed E-state index contributed by atoms with van der Waals surface area (Å²) in [6.07, 6.45) is 3.64. The molecule has 0 saturated carbocycles. The highest BCUT2D eigenvalue weighted by Gasteiger charge is 2.28. The lowest BCUT2D eigenvalue weighted by atomic mass is 10.2. The number of likely N-dealkylation sites (N-methyl/N-ethyl adjacent to an activating group) is 1. The smallest absolute Gasteiger partial charge is 0.278 e. The van der Waals surface area contributed by atoms with Crippen molar-refractivity contribution in [1.29, 1.82) is 0 Å². The summed E-state index contributed by atoms with van der Waals surface area (Å²) in [6, 6.07) is 9.96. The number of rotatable bonds is 6. The highest BCUT2D eigenvalue weighted by molar-refractivity contribution is 5.95. The fourth-order valence-electron chi connectivity index (χ4n) is 2.84. The normalized spacial score (nSPS) is 16.3. The molecule has 1 aliphatic rings. The lowest BCUT2D eigenvalue weighted by Gasteiger charge is -2.23. The van der Waals surface area contributed by atoms with Crippen LogP contribution in [0.15, 0.2) is 36.5 Å². The van der Waals surface area contributed by atoms with Crippen LogP contribution in [0.5, 0.6) is 5.75 Å². The fraction of sp³-hybridized carbons (Fsp3) is 0.444. The Morgan fingerprint density at radius 3 is 2.80 bits per heavy atom.